The maximum absolute atomic E-state index is 12.2. The Morgan fingerprint density at radius 1 is 1.29 bits per heavy atom. The molecule has 0 spiro atoms. The molecule has 0 saturated carbocycles. The summed E-state index contributed by atoms with van der Waals surface area (Å²) in [6.07, 6.45) is 1.42. The summed E-state index contributed by atoms with van der Waals surface area (Å²) in [5.41, 5.74) is 0.628. The number of nitro benzene ring substituents is 1. The molecule has 7 heteroatoms. The molecule has 2 rings (SSSR count). The van der Waals surface area contributed by atoms with E-state index in [1.807, 2.05) is 6.07 Å². The highest BCUT2D eigenvalue weighted by atomic mass is 16.6. The van der Waals surface area contributed by atoms with Crippen molar-refractivity contribution in [2.45, 2.75) is 0 Å². The van der Waals surface area contributed by atoms with Gasteiger partial charge in [0, 0.05) is 17.8 Å². The van der Waals surface area contributed by atoms with Crippen molar-refractivity contribution in [2.75, 3.05) is 12.4 Å². The smallest absolute Gasteiger partial charge is 0.271 e. The summed E-state index contributed by atoms with van der Waals surface area (Å²) >= 11 is 0. The number of rotatable bonds is 5. The number of nitriles is 1. The Bertz CT molecular complexity index is 836. The molecule has 1 amide bonds. The van der Waals surface area contributed by atoms with Gasteiger partial charge in [0.2, 0.25) is 0 Å². The predicted octanol–water partition coefficient (Wildman–Crippen LogP) is 3.15. The Kier molecular flexibility index (Phi) is 5.26. The zero-order valence-electron chi connectivity index (χ0n) is 12.7. The van der Waals surface area contributed by atoms with Gasteiger partial charge in [0.05, 0.1) is 12.0 Å². The third-order valence-corrected chi connectivity index (χ3v) is 3.11. The molecule has 0 unspecified atom stereocenters. The standard InChI is InChI=1S/C17H13N3O4/c1-24-16-7-5-12(6-8-16)9-13(11-18)17(21)19-14-3-2-4-15(10-14)20(22)23/h2-10H,1H3,(H,19,21). The van der Waals surface area contributed by atoms with Crippen molar-refractivity contribution < 1.29 is 14.5 Å². The van der Waals surface area contributed by atoms with Gasteiger partial charge in [0.1, 0.15) is 17.4 Å². The fourth-order valence-electron chi connectivity index (χ4n) is 1.91. The Balaban J connectivity index is 2.19. The fourth-order valence-corrected chi connectivity index (χ4v) is 1.91. The molecule has 0 fully saturated rings. The normalized spacial score (nSPS) is 10.6. The van der Waals surface area contributed by atoms with E-state index in [0.29, 0.717) is 11.3 Å². The largest absolute Gasteiger partial charge is 0.497 e. The van der Waals surface area contributed by atoms with Crippen LogP contribution in [0.5, 0.6) is 5.75 Å². The van der Waals surface area contributed by atoms with Crippen LogP contribution in [0.15, 0.2) is 54.1 Å². The van der Waals surface area contributed by atoms with Gasteiger partial charge in [0.25, 0.3) is 11.6 Å². The lowest BCUT2D eigenvalue weighted by Crippen LogP contribution is -2.13. The first-order valence-corrected chi connectivity index (χ1v) is 6.85. The number of benzene rings is 2. The number of carbonyl (C=O) groups excluding carboxylic acids is 1. The van der Waals surface area contributed by atoms with Crippen LogP contribution in [0, 0.1) is 21.4 Å². The number of ether oxygens (including phenoxy) is 1. The molecule has 0 bridgehead atoms. The molecule has 2 aromatic carbocycles. The van der Waals surface area contributed by atoms with Crippen LogP contribution in [0.25, 0.3) is 6.08 Å². The van der Waals surface area contributed by atoms with Crippen LogP contribution in [0.1, 0.15) is 5.56 Å². The molecule has 0 radical (unpaired) electrons. The Morgan fingerprint density at radius 3 is 2.58 bits per heavy atom. The van der Waals surface area contributed by atoms with Gasteiger partial charge in [-0.2, -0.15) is 5.26 Å². The van der Waals surface area contributed by atoms with Gasteiger partial charge in [-0.3, -0.25) is 14.9 Å². The first-order valence-electron chi connectivity index (χ1n) is 6.85. The van der Waals surface area contributed by atoms with Crippen molar-refractivity contribution in [3.05, 3.63) is 69.8 Å². The number of hydrogen-bond acceptors (Lipinski definition) is 5. The van der Waals surface area contributed by atoms with Gasteiger partial charge < -0.3 is 10.1 Å². The fraction of sp³-hybridized carbons (Fsp3) is 0.0588. The number of methoxy groups -OCH3 is 1. The second-order valence-electron chi connectivity index (χ2n) is 4.70. The highest BCUT2D eigenvalue weighted by Gasteiger charge is 2.12. The molecule has 0 saturated heterocycles. The monoisotopic (exact) mass is 323 g/mol. The Hall–Kier alpha value is -3.66. The summed E-state index contributed by atoms with van der Waals surface area (Å²) < 4.78 is 5.04. The second kappa shape index (κ2) is 7.56. The van der Waals surface area contributed by atoms with E-state index in [1.165, 1.54) is 37.5 Å². The van der Waals surface area contributed by atoms with E-state index in [0.717, 1.165) is 0 Å². The number of nitro groups is 1. The van der Waals surface area contributed by atoms with Crippen molar-refractivity contribution in [3.63, 3.8) is 0 Å². The lowest BCUT2D eigenvalue weighted by Gasteiger charge is -2.04. The van der Waals surface area contributed by atoms with Gasteiger partial charge in [-0.1, -0.05) is 18.2 Å². The van der Waals surface area contributed by atoms with Crippen molar-refractivity contribution in [3.8, 4) is 11.8 Å². The number of nitrogens with one attached hydrogen (secondary N) is 1. The maximum atomic E-state index is 12.2. The zero-order valence-corrected chi connectivity index (χ0v) is 12.7. The molecule has 0 aliphatic carbocycles. The molecule has 120 valence electrons. The molecular formula is C17H13N3O4. The second-order valence-corrected chi connectivity index (χ2v) is 4.70. The minimum Gasteiger partial charge on any atom is -0.497 e. The molecule has 0 atom stereocenters. The van der Waals surface area contributed by atoms with Gasteiger partial charge in [-0.05, 0) is 29.8 Å². The Labute approximate surface area is 137 Å². The van der Waals surface area contributed by atoms with Gasteiger partial charge >= 0.3 is 0 Å². The van der Waals surface area contributed by atoms with Crippen molar-refractivity contribution >= 4 is 23.4 Å². The first-order chi connectivity index (χ1) is 11.5. The molecular weight excluding hydrogens is 310 g/mol. The van der Waals surface area contributed by atoms with Gasteiger partial charge in [-0.25, -0.2) is 0 Å². The highest BCUT2D eigenvalue weighted by molar-refractivity contribution is 6.09. The third-order valence-electron chi connectivity index (χ3n) is 3.11. The van der Waals surface area contributed by atoms with Crippen molar-refractivity contribution in [2.24, 2.45) is 0 Å². The van der Waals surface area contributed by atoms with Crippen LogP contribution in [0.4, 0.5) is 11.4 Å². The van der Waals surface area contributed by atoms with Crippen LogP contribution in [0.2, 0.25) is 0 Å². The molecule has 0 aliphatic heterocycles. The predicted molar refractivity (Wildman–Crippen MR) is 88.3 cm³/mol. The number of non-ortho nitro benzene ring substituents is 1. The Morgan fingerprint density at radius 2 is 2.00 bits per heavy atom. The van der Waals surface area contributed by atoms with Gasteiger partial charge in [-0.15, -0.1) is 0 Å². The third kappa shape index (κ3) is 4.18. The summed E-state index contributed by atoms with van der Waals surface area (Å²) in [5.74, 6) is 0.0144. The minimum absolute atomic E-state index is 0.119. The maximum Gasteiger partial charge on any atom is 0.271 e. The summed E-state index contributed by atoms with van der Waals surface area (Å²) in [7, 11) is 1.54. The number of anilines is 1. The lowest BCUT2D eigenvalue weighted by molar-refractivity contribution is -0.384. The number of carbonyl (C=O) groups is 1. The summed E-state index contributed by atoms with van der Waals surface area (Å²) in [6, 6.07) is 14.1. The molecule has 0 aromatic heterocycles. The molecule has 2 aromatic rings. The molecule has 7 nitrogen and oxygen atoms in total. The van der Waals surface area contributed by atoms with Crippen LogP contribution in [0.3, 0.4) is 0 Å². The number of nitrogens with zero attached hydrogens (tertiary/aromatic N) is 2. The zero-order chi connectivity index (χ0) is 17.5. The summed E-state index contributed by atoms with van der Waals surface area (Å²) in [4.78, 5) is 22.3. The molecule has 0 aliphatic rings. The van der Waals surface area contributed by atoms with E-state index in [2.05, 4.69) is 5.32 Å². The van der Waals surface area contributed by atoms with E-state index in [-0.39, 0.29) is 16.9 Å². The quantitative estimate of drug-likeness (QED) is 0.394. The molecule has 0 heterocycles. The van der Waals surface area contributed by atoms with Gasteiger partial charge in [0.15, 0.2) is 0 Å². The van der Waals surface area contributed by atoms with E-state index in [9.17, 15) is 14.9 Å². The average molecular weight is 323 g/mol. The highest BCUT2D eigenvalue weighted by Crippen LogP contribution is 2.18. The minimum atomic E-state index is -0.645. The van der Waals surface area contributed by atoms with E-state index >= 15 is 0 Å². The first kappa shape index (κ1) is 16.7. The number of amides is 1. The number of hydrogen-bond donors (Lipinski definition) is 1. The van der Waals surface area contributed by atoms with Crippen molar-refractivity contribution in [1.82, 2.24) is 0 Å². The summed E-state index contributed by atoms with van der Waals surface area (Å²) in [5, 5.41) is 22.4. The van der Waals surface area contributed by atoms with Crippen LogP contribution in [-0.2, 0) is 4.79 Å². The lowest BCUT2D eigenvalue weighted by atomic mass is 10.1. The van der Waals surface area contributed by atoms with Crippen molar-refractivity contribution in [1.29, 1.82) is 5.26 Å². The SMILES string of the molecule is COc1ccc(C=C(C#N)C(=O)Nc2cccc([N+](=O)[O-])c2)cc1. The van der Waals surface area contributed by atoms with Crippen LogP contribution < -0.4 is 10.1 Å². The average Bonchev–Trinajstić information content (AvgIpc) is 2.60. The van der Waals surface area contributed by atoms with E-state index in [1.54, 1.807) is 24.3 Å². The van der Waals surface area contributed by atoms with E-state index < -0.39 is 10.8 Å². The topological polar surface area (TPSA) is 105 Å². The van der Waals surface area contributed by atoms with E-state index in [4.69, 9.17) is 10.00 Å². The molecule has 24 heavy (non-hydrogen) atoms. The van der Waals surface area contributed by atoms with Crippen LogP contribution in [-0.4, -0.2) is 17.9 Å². The molecule has 1 N–H and O–H groups in total. The summed E-state index contributed by atoms with van der Waals surface area (Å²) in [6.45, 7) is 0. The van der Waals surface area contributed by atoms with Crippen LogP contribution >= 0.6 is 0 Å².